The lowest BCUT2D eigenvalue weighted by Gasteiger charge is -2.11. The molecule has 0 aliphatic carbocycles. The molecule has 3 heterocycles. The van der Waals surface area contributed by atoms with Gasteiger partial charge in [0, 0.05) is 29.9 Å². The molecule has 2 aromatic carbocycles. The molecular formula is C29H22F2N4O2. The number of benzene rings is 2. The van der Waals surface area contributed by atoms with Gasteiger partial charge in [-0.05, 0) is 73.9 Å². The second-order valence-electron chi connectivity index (χ2n) is 8.77. The number of aryl methyl sites for hydroxylation is 3. The van der Waals surface area contributed by atoms with Gasteiger partial charge in [0.1, 0.15) is 17.0 Å². The van der Waals surface area contributed by atoms with Crippen molar-refractivity contribution in [3.63, 3.8) is 0 Å². The van der Waals surface area contributed by atoms with Gasteiger partial charge in [0.15, 0.2) is 23.1 Å². The molecule has 0 aliphatic heterocycles. The van der Waals surface area contributed by atoms with Crippen LogP contribution in [0.25, 0.3) is 22.2 Å². The van der Waals surface area contributed by atoms with Crippen LogP contribution in [0.1, 0.15) is 33.0 Å². The third kappa shape index (κ3) is 5.04. The first-order chi connectivity index (χ1) is 17.8. The van der Waals surface area contributed by atoms with Crippen molar-refractivity contribution in [3.05, 3.63) is 107 Å². The highest BCUT2D eigenvalue weighted by atomic mass is 19.1. The minimum atomic E-state index is -0.610. The van der Waals surface area contributed by atoms with E-state index in [-0.39, 0.29) is 29.5 Å². The summed E-state index contributed by atoms with van der Waals surface area (Å²) >= 11 is 0. The number of Topliss-reactive ketones (excluding diaryl/α,β-unsaturated/α-hetero) is 1. The minimum Gasteiger partial charge on any atom is -0.452 e. The second kappa shape index (κ2) is 9.81. The van der Waals surface area contributed by atoms with Gasteiger partial charge in [-0.1, -0.05) is 18.2 Å². The molecule has 0 bridgehead atoms. The Morgan fingerprint density at radius 3 is 2.41 bits per heavy atom. The van der Waals surface area contributed by atoms with Gasteiger partial charge in [-0.3, -0.25) is 9.78 Å². The molecule has 3 aromatic heterocycles. The Morgan fingerprint density at radius 1 is 0.865 bits per heavy atom. The zero-order valence-corrected chi connectivity index (χ0v) is 20.4. The summed E-state index contributed by atoms with van der Waals surface area (Å²) < 4.78 is 34.1. The molecule has 0 amide bonds. The monoisotopic (exact) mass is 496 g/mol. The Bertz CT molecular complexity index is 1650. The molecule has 5 aromatic rings. The summed E-state index contributed by atoms with van der Waals surface area (Å²) in [6, 6.07) is 15.5. The van der Waals surface area contributed by atoms with E-state index in [0.29, 0.717) is 33.6 Å². The minimum absolute atomic E-state index is 0.0115. The molecule has 37 heavy (non-hydrogen) atoms. The Morgan fingerprint density at radius 2 is 1.65 bits per heavy atom. The Balaban J connectivity index is 1.36. The van der Waals surface area contributed by atoms with E-state index in [1.807, 2.05) is 19.9 Å². The lowest BCUT2D eigenvalue weighted by Crippen LogP contribution is -2.09. The number of ether oxygens (including phenoxy) is 1. The van der Waals surface area contributed by atoms with Crippen LogP contribution in [0.15, 0.2) is 66.9 Å². The van der Waals surface area contributed by atoms with E-state index in [0.717, 1.165) is 16.8 Å². The number of nitrogens with zero attached hydrogens (tertiary/aromatic N) is 4. The van der Waals surface area contributed by atoms with Crippen LogP contribution in [0, 0.1) is 32.4 Å². The first-order valence-corrected chi connectivity index (χ1v) is 11.6. The van der Waals surface area contributed by atoms with Crippen molar-refractivity contribution < 1.29 is 18.3 Å². The summed E-state index contributed by atoms with van der Waals surface area (Å²) in [7, 11) is 0. The quantitative estimate of drug-likeness (QED) is 0.250. The SMILES string of the molecule is Cc1cc2nccc(Oc3ccc(CC(=O)c4cc(-c5ccc(F)cc5)c(C)nn4)cc3F)c2nc1C. The average Bonchev–Trinajstić information content (AvgIpc) is 2.87. The molecule has 0 fully saturated rings. The molecular weight excluding hydrogens is 474 g/mol. The number of hydrogen-bond donors (Lipinski definition) is 0. The fraction of sp³-hybridized carbons (Fsp3) is 0.138. The molecule has 184 valence electrons. The van der Waals surface area contributed by atoms with Crippen molar-refractivity contribution in [2.45, 2.75) is 27.2 Å². The second-order valence-corrected chi connectivity index (χ2v) is 8.77. The fourth-order valence-corrected chi connectivity index (χ4v) is 3.96. The van der Waals surface area contributed by atoms with Gasteiger partial charge >= 0.3 is 0 Å². The Hall–Kier alpha value is -4.59. The lowest BCUT2D eigenvalue weighted by atomic mass is 10.0. The smallest absolute Gasteiger partial charge is 0.187 e. The summed E-state index contributed by atoms with van der Waals surface area (Å²) in [6.45, 7) is 5.60. The number of carbonyl (C=O) groups excluding carboxylic acids is 1. The molecule has 6 nitrogen and oxygen atoms in total. The number of hydrogen-bond acceptors (Lipinski definition) is 6. The molecule has 0 spiro atoms. The van der Waals surface area contributed by atoms with Crippen LogP contribution in [0.2, 0.25) is 0 Å². The zero-order valence-electron chi connectivity index (χ0n) is 20.4. The van der Waals surface area contributed by atoms with Crippen LogP contribution in [0.4, 0.5) is 8.78 Å². The third-order valence-corrected chi connectivity index (χ3v) is 6.12. The number of aromatic nitrogens is 4. The van der Waals surface area contributed by atoms with Gasteiger partial charge < -0.3 is 4.74 Å². The van der Waals surface area contributed by atoms with E-state index in [4.69, 9.17) is 4.74 Å². The van der Waals surface area contributed by atoms with Crippen LogP contribution < -0.4 is 4.74 Å². The van der Waals surface area contributed by atoms with Gasteiger partial charge in [-0.15, -0.1) is 5.10 Å². The van der Waals surface area contributed by atoms with E-state index in [2.05, 4.69) is 20.2 Å². The molecule has 0 atom stereocenters. The molecule has 0 saturated heterocycles. The number of fused-ring (bicyclic) bond motifs is 1. The van der Waals surface area contributed by atoms with Gasteiger partial charge in [-0.25, -0.2) is 13.8 Å². The van der Waals surface area contributed by atoms with Crippen molar-refractivity contribution in [2.24, 2.45) is 0 Å². The highest BCUT2D eigenvalue weighted by Crippen LogP contribution is 2.31. The maximum Gasteiger partial charge on any atom is 0.187 e. The van der Waals surface area contributed by atoms with E-state index in [1.165, 1.54) is 24.3 Å². The Labute approximate surface area is 212 Å². The summed E-state index contributed by atoms with van der Waals surface area (Å²) in [6.07, 6.45) is 1.51. The van der Waals surface area contributed by atoms with Gasteiger partial charge in [0.2, 0.25) is 0 Å². The maximum atomic E-state index is 15.0. The number of rotatable bonds is 6. The maximum absolute atomic E-state index is 15.0. The molecule has 8 heteroatoms. The lowest BCUT2D eigenvalue weighted by molar-refractivity contribution is 0.0987. The number of halogens is 2. The van der Waals surface area contributed by atoms with Crippen molar-refractivity contribution in [1.29, 1.82) is 0 Å². The normalized spacial score (nSPS) is 11.1. The molecule has 5 rings (SSSR count). The van der Waals surface area contributed by atoms with Crippen LogP contribution in [-0.2, 0) is 6.42 Å². The van der Waals surface area contributed by atoms with Crippen LogP contribution >= 0.6 is 0 Å². The fourth-order valence-electron chi connectivity index (χ4n) is 3.96. The van der Waals surface area contributed by atoms with Gasteiger partial charge in [0.25, 0.3) is 0 Å². The zero-order chi connectivity index (χ0) is 26.1. The highest BCUT2D eigenvalue weighted by molar-refractivity contribution is 5.96. The first kappa shape index (κ1) is 24.1. The van der Waals surface area contributed by atoms with Crippen molar-refractivity contribution in [3.8, 4) is 22.6 Å². The van der Waals surface area contributed by atoms with Crippen molar-refractivity contribution >= 4 is 16.8 Å². The molecule has 0 aliphatic rings. The topological polar surface area (TPSA) is 77.9 Å². The number of pyridine rings is 2. The standard InChI is InChI=1S/C29H22F2N4O2/c1-16-12-25-29(33-17(16)2)28(10-11-32-25)37-27-9-4-19(13-23(27)31)14-26(36)24-15-22(18(3)34-35-24)20-5-7-21(30)8-6-20/h4-13,15H,14H2,1-3H3. The molecule has 0 unspecified atom stereocenters. The van der Waals surface area contributed by atoms with Crippen molar-refractivity contribution in [1.82, 2.24) is 20.2 Å². The van der Waals surface area contributed by atoms with E-state index < -0.39 is 5.82 Å². The van der Waals surface area contributed by atoms with E-state index >= 15 is 0 Å². The predicted octanol–water partition coefficient (Wildman–Crippen LogP) is 6.51. The van der Waals surface area contributed by atoms with E-state index in [1.54, 1.807) is 43.5 Å². The van der Waals surface area contributed by atoms with Crippen LogP contribution in [-0.4, -0.2) is 25.9 Å². The summed E-state index contributed by atoms with van der Waals surface area (Å²) in [5, 5.41) is 8.10. The third-order valence-electron chi connectivity index (χ3n) is 6.12. The van der Waals surface area contributed by atoms with E-state index in [9.17, 15) is 13.6 Å². The van der Waals surface area contributed by atoms with Gasteiger partial charge in [0.05, 0.1) is 11.2 Å². The summed E-state index contributed by atoms with van der Waals surface area (Å²) in [5.41, 5.74) is 5.65. The molecule has 0 radical (unpaired) electrons. The largest absolute Gasteiger partial charge is 0.452 e. The Kier molecular flexibility index (Phi) is 6.40. The van der Waals surface area contributed by atoms with Crippen LogP contribution in [0.5, 0.6) is 11.5 Å². The van der Waals surface area contributed by atoms with Gasteiger partial charge in [-0.2, -0.15) is 5.10 Å². The molecule has 0 N–H and O–H groups in total. The average molecular weight is 497 g/mol. The molecule has 0 saturated carbocycles. The van der Waals surface area contributed by atoms with Crippen molar-refractivity contribution in [2.75, 3.05) is 0 Å². The summed E-state index contributed by atoms with van der Waals surface area (Å²) in [5.74, 6) is -0.885. The highest BCUT2D eigenvalue weighted by Gasteiger charge is 2.16. The number of ketones is 1. The predicted molar refractivity (Wildman–Crippen MR) is 136 cm³/mol. The first-order valence-electron chi connectivity index (χ1n) is 11.6. The summed E-state index contributed by atoms with van der Waals surface area (Å²) in [4.78, 5) is 21.8. The van der Waals surface area contributed by atoms with Crippen LogP contribution in [0.3, 0.4) is 0 Å². The number of carbonyl (C=O) groups is 1.